The van der Waals surface area contributed by atoms with Crippen molar-refractivity contribution >= 4 is 55.3 Å². The van der Waals surface area contributed by atoms with Crippen molar-refractivity contribution in [3.8, 4) is 11.1 Å². The summed E-state index contributed by atoms with van der Waals surface area (Å²) >= 11 is 6.00. The summed E-state index contributed by atoms with van der Waals surface area (Å²) < 4.78 is 31.6. The average Bonchev–Trinajstić information content (AvgIpc) is 3.22. The Morgan fingerprint density at radius 3 is 2.57 bits per heavy atom. The zero-order valence-corrected chi connectivity index (χ0v) is 21.7. The highest BCUT2D eigenvalue weighted by atomic mass is 35.5. The van der Waals surface area contributed by atoms with Gasteiger partial charge in [0.25, 0.3) is 5.91 Å². The minimum absolute atomic E-state index is 0.0547. The first kappa shape index (κ1) is 24.7. The predicted molar refractivity (Wildman–Crippen MR) is 143 cm³/mol. The molecule has 5 aromatic rings. The molecule has 0 saturated heterocycles. The van der Waals surface area contributed by atoms with E-state index in [4.69, 9.17) is 16.0 Å². The summed E-state index contributed by atoms with van der Waals surface area (Å²) in [7, 11) is -3.80. The Balaban J connectivity index is 1.60. The molecule has 0 radical (unpaired) electrons. The molecule has 0 bridgehead atoms. The van der Waals surface area contributed by atoms with Crippen molar-refractivity contribution in [1.82, 2.24) is 19.9 Å². The molecule has 188 valence electrons. The monoisotopic (exact) mass is 535 g/mol. The molecule has 9 nitrogen and oxygen atoms in total. The first-order valence-corrected chi connectivity index (χ1v) is 13.6. The van der Waals surface area contributed by atoms with Gasteiger partial charge >= 0.3 is 0 Å². The van der Waals surface area contributed by atoms with Crippen LogP contribution in [0.2, 0.25) is 5.15 Å². The lowest BCUT2D eigenvalue weighted by atomic mass is 10.0. The summed E-state index contributed by atoms with van der Waals surface area (Å²) in [6.45, 7) is 3.87. The van der Waals surface area contributed by atoms with E-state index in [0.29, 0.717) is 22.4 Å². The van der Waals surface area contributed by atoms with Crippen LogP contribution in [-0.4, -0.2) is 35.8 Å². The SMILES string of the molecule is Cc1cc([C@@H](C)Nc2ccc(Cl)nc2C(=O)NS(C)(=O)=O)c2oc3c(-c4ccccc4)cnnc3c2c1. The fourth-order valence-corrected chi connectivity index (χ4v) is 4.83. The first-order chi connectivity index (χ1) is 17.6. The summed E-state index contributed by atoms with van der Waals surface area (Å²) in [5, 5.41) is 12.7. The van der Waals surface area contributed by atoms with Gasteiger partial charge in [0, 0.05) is 16.5 Å². The number of sulfonamides is 1. The van der Waals surface area contributed by atoms with E-state index in [1.54, 1.807) is 12.3 Å². The number of amides is 1. The molecule has 37 heavy (non-hydrogen) atoms. The molecule has 11 heteroatoms. The highest BCUT2D eigenvalue weighted by molar-refractivity contribution is 7.89. The van der Waals surface area contributed by atoms with Gasteiger partial charge in [-0.2, -0.15) is 5.10 Å². The van der Waals surface area contributed by atoms with Gasteiger partial charge in [-0.3, -0.25) is 4.79 Å². The molecule has 1 amide bonds. The molecule has 2 aromatic carbocycles. The number of carbonyl (C=O) groups excluding carboxylic acids is 1. The second-order valence-corrected chi connectivity index (χ2v) is 10.9. The summed E-state index contributed by atoms with van der Waals surface area (Å²) in [6, 6.07) is 16.5. The molecule has 0 aliphatic carbocycles. The third kappa shape index (κ3) is 4.98. The van der Waals surface area contributed by atoms with Crippen molar-refractivity contribution in [2.24, 2.45) is 0 Å². The number of carbonyl (C=O) groups is 1. The second kappa shape index (κ2) is 9.45. The standard InChI is InChI=1S/C26H22ClN5O4S/c1-14-11-17(15(2)29-20-9-10-21(27)30-23(20)26(33)32-37(3,34)35)24-18(12-14)22-25(36-24)19(13-28-31-22)16-7-5-4-6-8-16/h4-13,15,29H,1-3H3,(H,32,33)/t15-/m1/s1. The quantitative estimate of drug-likeness (QED) is 0.282. The molecule has 3 aromatic heterocycles. The van der Waals surface area contributed by atoms with Gasteiger partial charge < -0.3 is 9.73 Å². The third-order valence-corrected chi connectivity index (χ3v) is 6.57. The van der Waals surface area contributed by atoms with Gasteiger partial charge in [0.1, 0.15) is 16.3 Å². The number of fused-ring (bicyclic) bond motifs is 3. The van der Waals surface area contributed by atoms with Gasteiger partial charge in [-0.1, -0.05) is 48.0 Å². The van der Waals surface area contributed by atoms with E-state index in [-0.39, 0.29) is 16.9 Å². The maximum Gasteiger partial charge on any atom is 0.285 e. The number of furan rings is 1. The molecule has 0 saturated carbocycles. The number of anilines is 1. The van der Waals surface area contributed by atoms with Crippen LogP contribution in [0.5, 0.6) is 0 Å². The number of nitrogens with one attached hydrogen (secondary N) is 2. The topological polar surface area (TPSA) is 127 Å². The van der Waals surface area contributed by atoms with Crippen molar-refractivity contribution < 1.29 is 17.6 Å². The van der Waals surface area contributed by atoms with Crippen LogP contribution in [0.4, 0.5) is 5.69 Å². The smallest absolute Gasteiger partial charge is 0.285 e. The number of hydrogen-bond donors (Lipinski definition) is 2. The van der Waals surface area contributed by atoms with Crippen LogP contribution in [0.25, 0.3) is 33.2 Å². The molecule has 0 spiro atoms. The Labute approximate surface area is 217 Å². The number of halogens is 1. The Morgan fingerprint density at radius 1 is 1.08 bits per heavy atom. The third-order valence-electron chi connectivity index (χ3n) is 5.80. The Hall–Kier alpha value is -4.02. The van der Waals surface area contributed by atoms with Crippen LogP contribution in [0.15, 0.2) is 65.2 Å². The van der Waals surface area contributed by atoms with Gasteiger partial charge in [0.2, 0.25) is 10.0 Å². The van der Waals surface area contributed by atoms with Gasteiger partial charge in [0.15, 0.2) is 11.3 Å². The lowest BCUT2D eigenvalue weighted by Crippen LogP contribution is -2.31. The van der Waals surface area contributed by atoms with Crippen molar-refractivity contribution in [2.75, 3.05) is 11.6 Å². The lowest BCUT2D eigenvalue weighted by Gasteiger charge is -2.18. The molecule has 3 heterocycles. The van der Waals surface area contributed by atoms with Crippen molar-refractivity contribution in [3.63, 3.8) is 0 Å². The number of rotatable bonds is 6. The molecule has 1 atom stereocenters. The molecule has 0 fully saturated rings. The van der Waals surface area contributed by atoms with Gasteiger partial charge in [0.05, 0.1) is 24.2 Å². The van der Waals surface area contributed by atoms with E-state index < -0.39 is 15.9 Å². The fourth-order valence-electron chi connectivity index (χ4n) is 4.25. The number of hydrogen-bond acceptors (Lipinski definition) is 8. The minimum Gasteiger partial charge on any atom is -0.453 e. The Kier molecular flexibility index (Phi) is 6.30. The predicted octanol–water partition coefficient (Wildman–Crippen LogP) is 5.26. The molecule has 0 aliphatic heterocycles. The zero-order chi connectivity index (χ0) is 26.3. The van der Waals surface area contributed by atoms with Crippen LogP contribution < -0.4 is 10.0 Å². The van der Waals surface area contributed by atoms with E-state index in [0.717, 1.165) is 33.9 Å². The molecular weight excluding hydrogens is 514 g/mol. The summed E-state index contributed by atoms with van der Waals surface area (Å²) in [5.74, 6) is -0.888. The number of pyridine rings is 1. The maximum atomic E-state index is 12.6. The van der Waals surface area contributed by atoms with Crippen molar-refractivity contribution in [3.05, 3.63) is 82.8 Å². The van der Waals surface area contributed by atoms with Gasteiger partial charge in [-0.25, -0.2) is 18.1 Å². The largest absolute Gasteiger partial charge is 0.453 e. The average molecular weight is 536 g/mol. The van der Waals surface area contributed by atoms with E-state index in [1.807, 2.05) is 61.0 Å². The summed E-state index contributed by atoms with van der Waals surface area (Å²) in [5.41, 5.74) is 5.65. The van der Waals surface area contributed by atoms with Crippen molar-refractivity contribution in [1.29, 1.82) is 0 Å². The molecular formula is C26H22ClN5O4S. The van der Waals surface area contributed by atoms with Crippen LogP contribution in [0, 0.1) is 6.92 Å². The second-order valence-electron chi connectivity index (χ2n) is 8.73. The molecule has 2 N–H and O–H groups in total. The zero-order valence-electron chi connectivity index (χ0n) is 20.1. The Bertz CT molecular complexity index is 1770. The number of nitrogens with zero attached hydrogens (tertiary/aromatic N) is 3. The van der Waals surface area contributed by atoms with E-state index >= 15 is 0 Å². The summed E-state index contributed by atoms with van der Waals surface area (Å²) in [4.78, 5) is 16.7. The normalized spacial score (nSPS) is 12.5. The van der Waals surface area contributed by atoms with Crippen molar-refractivity contribution in [2.45, 2.75) is 19.9 Å². The highest BCUT2D eigenvalue weighted by Crippen LogP contribution is 2.38. The number of aromatic nitrogens is 3. The molecule has 5 rings (SSSR count). The molecule has 0 aliphatic rings. The van der Waals surface area contributed by atoms with E-state index in [2.05, 4.69) is 20.5 Å². The van der Waals surface area contributed by atoms with Crippen LogP contribution >= 0.6 is 11.6 Å². The fraction of sp³-hybridized carbons (Fsp3) is 0.154. The number of benzene rings is 2. The lowest BCUT2D eigenvalue weighted by molar-refractivity contribution is 0.0977. The van der Waals surface area contributed by atoms with Gasteiger partial charge in [-0.05, 0) is 43.2 Å². The van der Waals surface area contributed by atoms with Crippen LogP contribution in [0.3, 0.4) is 0 Å². The highest BCUT2D eigenvalue weighted by Gasteiger charge is 2.23. The summed E-state index contributed by atoms with van der Waals surface area (Å²) in [6.07, 6.45) is 2.57. The van der Waals surface area contributed by atoms with Gasteiger partial charge in [-0.15, -0.1) is 5.10 Å². The first-order valence-electron chi connectivity index (χ1n) is 11.3. The maximum absolute atomic E-state index is 12.6. The van der Waals surface area contributed by atoms with Crippen LogP contribution in [0.1, 0.15) is 34.6 Å². The number of aryl methyl sites for hydroxylation is 1. The van der Waals surface area contributed by atoms with E-state index in [9.17, 15) is 13.2 Å². The van der Waals surface area contributed by atoms with Crippen LogP contribution in [-0.2, 0) is 10.0 Å². The molecule has 0 unspecified atom stereocenters. The minimum atomic E-state index is -3.80. The van der Waals surface area contributed by atoms with E-state index in [1.165, 1.54) is 6.07 Å². The Morgan fingerprint density at radius 2 is 1.84 bits per heavy atom.